The first-order valence-corrected chi connectivity index (χ1v) is 10.4. The van der Waals surface area contributed by atoms with Gasteiger partial charge in [0, 0.05) is 11.5 Å². The number of amides is 1. The van der Waals surface area contributed by atoms with Crippen molar-refractivity contribution in [1.29, 1.82) is 0 Å². The molecule has 108 valence electrons. The summed E-state index contributed by atoms with van der Waals surface area (Å²) in [6.07, 6.45) is 0. The lowest BCUT2D eigenvalue weighted by Gasteiger charge is -2.31. The van der Waals surface area contributed by atoms with Crippen LogP contribution in [0.5, 0.6) is 0 Å². The van der Waals surface area contributed by atoms with Gasteiger partial charge in [-0.15, -0.1) is 5.54 Å². The van der Waals surface area contributed by atoms with Crippen molar-refractivity contribution in [2.24, 2.45) is 0 Å². The molecule has 0 aliphatic heterocycles. The summed E-state index contributed by atoms with van der Waals surface area (Å²) in [6.45, 7) is 11.0. The summed E-state index contributed by atoms with van der Waals surface area (Å²) >= 11 is 3.45. The van der Waals surface area contributed by atoms with Gasteiger partial charge in [-0.3, -0.25) is 4.79 Å². The molecule has 0 unspecified atom stereocenters. The molecule has 1 rings (SSSR count). The molecule has 1 aromatic carbocycles. The minimum absolute atomic E-state index is 0.159. The average Bonchev–Trinajstić information content (AvgIpc) is 2.34. The highest BCUT2D eigenvalue weighted by Crippen LogP contribution is 2.35. The molecule has 1 aromatic rings. The van der Waals surface area contributed by atoms with E-state index in [4.69, 9.17) is 0 Å². The number of benzene rings is 1. The van der Waals surface area contributed by atoms with Crippen LogP contribution in [0.25, 0.3) is 0 Å². The standard InChI is InChI=1S/C16H22BrNOSi/c1-16(2,3)20(5,6)12-11-15(19)18(4)14-10-8-7-9-13(14)17/h7-10H,1-6H3. The summed E-state index contributed by atoms with van der Waals surface area (Å²) in [5.74, 6) is 2.67. The van der Waals surface area contributed by atoms with E-state index in [1.165, 1.54) is 0 Å². The van der Waals surface area contributed by atoms with Crippen LogP contribution in [0.1, 0.15) is 20.8 Å². The zero-order chi connectivity index (χ0) is 15.6. The first-order chi connectivity index (χ1) is 9.06. The predicted molar refractivity (Wildman–Crippen MR) is 92.5 cm³/mol. The summed E-state index contributed by atoms with van der Waals surface area (Å²) in [4.78, 5) is 13.8. The molecule has 0 aromatic heterocycles. The highest BCUT2D eigenvalue weighted by molar-refractivity contribution is 9.10. The molecule has 0 aliphatic rings. The molecule has 2 nitrogen and oxygen atoms in total. The van der Waals surface area contributed by atoms with Crippen LogP contribution >= 0.6 is 15.9 Å². The third-order valence-corrected chi connectivity index (χ3v) is 9.05. The maximum absolute atomic E-state index is 12.2. The molecule has 0 radical (unpaired) electrons. The molecule has 0 fully saturated rings. The fourth-order valence-corrected chi connectivity index (χ4v) is 2.66. The summed E-state index contributed by atoms with van der Waals surface area (Å²) < 4.78 is 0.893. The molecule has 0 saturated carbocycles. The van der Waals surface area contributed by atoms with Crippen molar-refractivity contribution in [2.75, 3.05) is 11.9 Å². The molecule has 0 spiro atoms. The molecule has 0 aliphatic carbocycles. The molecule has 0 saturated heterocycles. The first kappa shape index (κ1) is 17.0. The van der Waals surface area contributed by atoms with Crippen LogP contribution in [0.2, 0.25) is 18.1 Å². The second-order valence-corrected chi connectivity index (χ2v) is 12.3. The van der Waals surface area contributed by atoms with Crippen LogP contribution in [0.15, 0.2) is 28.7 Å². The molecule has 4 heteroatoms. The Bertz CT molecular complexity index is 564. The van der Waals surface area contributed by atoms with Crippen molar-refractivity contribution in [2.45, 2.75) is 38.9 Å². The third-order valence-electron chi connectivity index (χ3n) is 3.88. The highest BCUT2D eigenvalue weighted by atomic mass is 79.9. The number of rotatable bonds is 1. The molecule has 0 heterocycles. The largest absolute Gasteiger partial charge is 0.304 e. The average molecular weight is 352 g/mol. The van der Waals surface area contributed by atoms with Crippen LogP contribution in [0.4, 0.5) is 5.69 Å². The Morgan fingerprint density at radius 1 is 1.25 bits per heavy atom. The smallest absolute Gasteiger partial charge is 0.302 e. The minimum Gasteiger partial charge on any atom is -0.304 e. The van der Waals surface area contributed by atoms with E-state index in [-0.39, 0.29) is 10.9 Å². The zero-order valence-corrected chi connectivity index (χ0v) is 15.6. The fraction of sp³-hybridized carbons (Fsp3) is 0.438. The summed E-state index contributed by atoms with van der Waals surface area (Å²) in [5.41, 5.74) is 4.09. The van der Waals surface area contributed by atoms with Crippen LogP contribution < -0.4 is 4.90 Å². The zero-order valence-electron chi connectivity index (χ0n) is 13.0. The SMILES string of the molecule is CN(C(=O)C#C[Si](C)(C)C(C)(C)C)c1ccccc1Br. The van der Waals surface area contributed by atoms with Gasteiger partial charge in [0.15, 0.2) is 0 Å². The van der Waals surface area contributed by atoms with E-state index in [1.807, 2.05) is 24.3 Å². The van der Waals surface area contributed by atoms with E-state index in [2.05, 4.69) is 61.3 Å². The van der Waals surface area contributed by atoms with Crippen molar-refractivity contribution < 1.29 is 4.79 Å². The summed E-state index contributed by atoms with van der Waals surface area (Å²) in [6, 6.07) is 7.65. The molecule has 0 atom stereocenters. The molecule has 0 bridgehead atoms. The van der Waals surface area contributed by atoms with Gasteiger partial charge in [0.05, 0.1) is 5.69 Å². The quantitative estimate of drug-likeness (QED) is 0.540. The number of nitrogens with zero attached hydrogens (tertiary/aromatic N) is 1. The summed E-state index contributed by atoms with van der Waals surface area (Å²) in [7, 11) is 0.00432. The van der Waals surface area contributed by atoms with E-state index >= 15 is 0 Å². The van der Waals surface area contributed by atoms with E-state index in [1.54, 1.807) is 11.9 Å². The van der Waals surface area contributed by atoms with Crippen molar-refractivity contribution in [3.05, 3.63) is 28.7 Å². The van der Waals surface area contributed by atoms with Gasteiger partial charge < -0.3 is 4.90 Å². The number of halogens is 1. The van der Waals surface area contributed by atoms with E-state index < -0.39 is 8.07 Å². The topological polar surface area (TPSA) is 20.3 Å². The Kier molecular flexibility index (Phi) is 5.23. The van der Waals surface area contributed by atoms with Gasteiger partial charge >= 0.3 is 5.91 Å². The monoisotopic (exact) mass is 351 g/mol. The number of hydrogen-bond acceptors (Lipinski definition) is 1. The highest BCUT2D eigenvalue weighted by Gasteiger charge is 2.33. The molecule has 0 N–H and O–H groups in total. The predicted octanol–water partition coefficient (Wildman–Crippen LogP) is 4.46. The second-order valence-electron chi connectivity index (χ2n) is 6.44. The van der Waals surface area contributed by atoms with Gasteiger partial charge in [0.25, 0.3) is 0 Å². The van der Waals surface area contributed by atoms with E-state index in [0.29, 0.717) is 0 Å². The first-order valence-electron chi connectivity index (χ1n) is 6.61. The lowest BCUT2D eigenvalue weighted by atomic mass is 10.2. The lowest BCUT2D eigenvalue weighted by Crippen LogP contribution is -2.36. The maximum atomic E-state index is 12.2. The Morgan fingerprint density at radius 3 is 2.30 bits per heavy atom. The molecular formula is C16H22BrNOSi. The Labute approximate surface area is 131 Å². The summed E-state index contributed by atoms with van der Waals surface area (Å²) in [5, 5.41) is 0.159. The van der Waals surface area contributed by atoms with Crippen molar-refractivity contribution in [3.63, 3.8) is 0 Å². The minimum atomic E-state index is -1.75. The maximum Gasteiger partial charge on any atom is 0.302 e. The number of hydrogen-bond donors (Lipinski definition) is 0. The number of anilines is 1. The number of para-hydroxylation sites is 1. The van der Waals surface area contributed by atoms with E-state index in [9.17, 15) is 4.79 Å². The van der Waals surface area contributed by atoms with Gasteiger partial charge in [0.1, 0.15) is 8.07 Å². The van der Waals surface area contributed by atoms with E-state index in [0.717, 1.165) is 10.2 Å². The van der Waals surface area contributed by atoms with Gasteiger partial charge in [-0.2, -0.15) is 0 Å². The van der Waals surface area contributed by atoms with Crippen molar-refractivity contribution >= 4 is 35.6 Å². The Morgan fingerprint density at radius 2 is 1.80 bits per heavy atom. The van der Waals surface area contributed by atoms with Crippen LogP contribution in [-0.2, 0) is 4.79 Å². The molecule has 1 amide bonds. The van der Waals surface area contributed by atoms with Gasteiger partial charge in [-0.25, -0.2) is 0 Å². The molecular weight excluding hydrogens is 330 g/mol. The molecule has 20 heavy (non-hydrogen) atoms. The van der Waals surface area contributed by atoms with Gasteiger partial charge in [-0.05, 0) is 39.0 Å². The third kappa shape index (κ3) is 3.97. The number of carbonyl (C=O) groups excluding carboxylic acids is 1. The van der Waals surface area contributed by atoms with Crippen LogP contribution in [0.3, 0.4) is 0 Å². The lowest BCUT2D eigenvalue weighted by molar-refractivity contribution is -0.113. The number of carbonyl (C=O) groups is 1. The Hall–Kier alpha value is -1.05. The normalized spacial score (nSPS) is 11.6. The van der Waals surface area contributed by atoms with Crippen molar-refractivity contribution in [3.8, 4) is 11.5 Å². The Balaban J connectivity index is 2.97. The second kappa shape index (κ2) is 6.15. The van der Waals surface area contributed by atoms with Crippen LogP contribution in [0, 0.1) is 11.5 Å². The fourth-order valence-electron chi connectivity index (χ4n) is 1.31. The van der Waals surface area contributed by atoms with Crippen molar-refractivity contribution in [1.82, 2.24) is 0 Å². The van der Waals surface area contributed by atoms with Crippen LogP contribution in [-0.4, -0.2) is 21.0 Å². The van der Waals surface area contributed by atoms with Gasteiger partial charge in [0.2, 0.25) is 0 Å². The van der Waals surface area contributed by atoms with Gasteiger partial charge in [-0.1, -0.05) is 46.0 Å².